The number of carbonyl (C=O) groups excluding carboxylic acids is 1. The van der Waals surface area contributed by atoms with Gasteiger partial charge in [0.15, 0.2) is 0 Å². The minimum atomic E-state index is -3.75. The third kappa shape index (κ3) is 5.61. The van der Waals surface area contributed by atoms with Gasteiger partial charge in [-0.3, -0.25) is 9.10 Å². The minimum Gasteiger partial charge on any atom is -0.376 e. The molecule has 3 aromatic rings. The van der Waals surface area contributed by atoms with E-state index in [-0.39, 0.29) is 23.2 Å². The van der Waals surface area contributed by atoms with E-state index < -0.39 is 10.0 Å². The van der Waals surface area contributed by atoms with Crippen molar-refractivity contribution in [2.75, 3.05) is 30.3 Å². The summed E-state index contributed by atoms with van der Waals surface area (Å²) in [6.07, 6.45) is 0. The number of hydrogen-bond acceptors (Lipinski definition) is 4. The molecule has 1 amide bonds. The molecule has 0 saturated carbocycles. The fourth-order valence-corrected chi connectivity index (χ4v) is 4.21. The van der Waals surface area contributed by atoms with E-state index in [4.69, 9.17) is 0 Å². The van der Waals surface area contributed by atoms with Crippen LogP contribution in [0.1, 0.15) is 5.56 Å². The lowest BCUT2D eigenvalue weighted by atomic mass is 10.2. The van der Waals surface area contributed by atoms with E-state index in [9.17, 15) is 17.6 Å². The van der Waals surface area contributed by atoms with E-state index in [1.165, 1.54) is 40.5 Å². The van der Waals surface area contributed by atoms with E-state index in [1.54, 1.807) is 55.6 Å². The third-order valence-electron chi connectivity index (χ3n) is 4.81. The van der Waals surface area contributed by atoms with Crippen molar-refractivity contribution in [2.45, 2.75) is 11.4 Å². The highest BCUT2D eigenvalue weighted by molar-refractivity contribution is 7.92. The van der Waals surface area contributed by atoms with Gasteiger partial charge in [0.05, 0.1) is 17.1 Å². The third-order valence-corrected chi connectivity index (χ3v) is 6.60. The molecule has 6 nitrogen and oxygen atoms in total. The van der Waals surface area contributed by atoms with Gasteiger partial charge in [0.2, 0.25) is 5.91 Å². The molecule has 162 valence electrons. The van der Waals surface area contributed by atoms with Gasteiger partial charge in [-0.25, -0.2) is 12.8 Å². The highest BCUT2D eigenvalue weighted by atomic mass is 32.2. The van der Waals surface area contributed by atoms with Crippen LogP contribution in [0.25, 0.3) is 0 Å². The topological polar surface area (TPSA) is 69.7 Å². The summed E-state index contributed by atoms with van der Waals surface area (Å²) in [5, 5.41) is 2.98. The van der Waals surface area contributed by atoms with Crippen molar-refractivity contribution >= 4 is 27.3 Å². The Morgan fingerprint density at radius 3 is 2.29 bits per heavy atom. The van der Waals surface area contributed by atoms with Gasteiger partial charge in [-0.15, -0.1) is 0 Å². The minimum absolute atomic E-state index is 0.00425. The van der Waals surface area contributed by atoms with Gasteiger partial charge in [-0.2, -0.15) is 0 Å². The first-order valence-corrected chi connectivity index (χ1v) is 11.1. The number of benzene rings is 3. The van der Waals surface area contributed by atoms with Crippen LogP contribution >= 0.6 is 0 Å². The average molecular weight is 442 g/mol. The monoisotopic (exact) mass is 441 g/mol. The average Bonchev–Trinajstić information content (AvgIpc) is 2.79. The number of para-hydroxylation sites is 1. The molecule has 0 aliphatic rings. The number of rotatable bonds is 8. The molecule has 3 aromatic carbocycles. The lowest BCUT2D eigenvalue weighted by Gasteiger charge is -2.20. The maximum Gasteiger partial charge on any atom is 0.264 e. The molecule has 0 spiro atoms. The summed E-state index contributed by atoms with van der Waals surface area (Å²) in [7, 11) is -0.592. The van der Waals surface area contributed by atoms with Gasteiger partial charge in [-0.1, -0.05) is 36.4 Å². The van der Waals surface area contributed by atoms with Gasteiger partial charge in [0, 0.05) is 26.3 Å². The summed E-state index contributed by atoms with van der Waals surface area (Å²) in [5.41, 5.74) is 1.89. The smallest absolute Gasteiger partial charge is 0.264 e. The molecule has 0 radical (unpaired) electrons. The second-order valence-corrected chi connectivity index (χ2v) is 9.03. The molecule has 0 aliphatic carbocycles. The van der Waals surface area contributed by atoms with Crippen LogP contribution in [0, 0.1) is 5.82 Å². The molecule has 0 aromatic heterocycles. The Labute approximate surface area is 182 Å². The summed E-state index contributed by atoms with van der Waals surface area (Å²) in [4.78, 5) is 14.1. The number of nitrogens with zero attached hydrogens (tertiary/aromatic N) is 2. The molecule has 0 fully saturated rings. The van der Waals surface area contributed by atoms with E-state index in [1.807, 2.05) is 6.07 Å². The number of carbonyl (C=O) groups is 1. The number of anilines is 2. The summed E-state index contributed by atoms with van der Waals surface area (Å²) >= 11 is 0. The lowest BCUT2D eigenvalue weighted by molar-refractivity contribution is -0.128. The first-order valence-electron chi connectivity index (χ1n) is 9.64. The van der Waals surface area contributed by atoms with Gasteiger partial charge in [0.25, 0.3) is 10.0 Å². The summed E-state index contributed by atoms with van der Waals surface area (Å²) in [5.74, 6) is -0.508. The predicted molar refractivity (Wildman–Crippen MR) is 120 cm³/mol. The highest BCUT2D eigenvalue weighted by Gasteiger charge is 2.21. The van der Waals surface area contributed by atoms with E-state index in [0.717, 1.165) is 5.56 Å². The van der Waals surface area contributed by atoms with Crippen molar-refractivity contribution in [2.24, 2.45) is 0 Å². The molecule has 3 rings (SSSR count). The van der Waals surface area contributed by atoms with E-state index >= 15 is 0 Å². The number of halogens is 1. The van der Waals surface area contributed by atoms with Crippen molar-refractivity contribution in [3.8, 4) is 0 Å². The second kappa shape index (κ2) is 9.61. The van der Waals surface area contributed by atoms with E-state index in [0.29, 0.717) is 17.9 Å². The summed E-state index contributed by atoms with van der Waals surface area (Å²) in [6.45, 7) is 0.340. The van der Waals surface area contributed by atoms with Crippen molar-refractivity contribution in [3.05, 3.63) is 90.2 Å². The fourth-order valence-electron chi connectivity index (χ4n) is 2.97. The van der Waals surface area contributed by atoms with Gasteiger partial charge in [-0.05, 0) is 48.0 Å². The number of likely N-dealkylation sites (N-methyl/N-ethyl adjacent to an activating group) is 1. The largest absolute Gasteiger partial charge is 0.376 e. The van der Waals surface area contributed by atoms with Crippen LogP contribution in [0.5, 0.6) is 0 Å². The van der Waals surface area contributed by atoms with Gasteiger partial charge in [0.1, 0.15) is 5.82 Å². The predicted octanol–water partition coefficient (Wildman–Crippen LogP) is 3.72. The van der Waals surface area contributed by atoms with Crippen LogP contribution in [0.15, 0.2) is 83.8 Å². The van der Waals surface area contributed by atoms with Crippen molar-refractivity contribution in [3.63, 3.8) is 0 Å². The zero-order chi connectivity index (χ0) is 22.4. The summed E-state index contributed by atoms with van der Waals surface area (Å²) in [6, 6.07) is 21.1. The Kier molecular flexibility index (Phi) is 6.91. The zero-order valence-corrected chi connectivity index (χ0v) is 18.1. The van der Waals surface area contributed by atoms with Crippen LogP contribution in [-0.4, -0.2) is 39.9 Å². The Morgan fingerprint density at radius 2 is 1.61 bits per heavy atom. The van der Waals surface area contributed by atoms with Crippen LogP contribution in [0.4, 0.5) is 15.8 Å². The number of nitrogens with one attached hydrogen (secondary N) is 1. The number of amides is 1. The zero-order valence-electron chi connectivity index (χ0n) is 17.3. The maximum atomic E-state index is 13.0. The molecule has 0 heterocycles. The Bertz CT molecular complexity index is 1140. The Balaban J connectivity index is 1.65. The molecule has 1 N–H and O–H groups in total. The Morgan fingerprint density at radius 1 is 0.935 bits per heavy atom. The maximum absolute atomic E-state index is 13.0. The van der Waals surface area contributed by atoms with E-state index in [2.05, 4.69) is 5.32 Å². The molecule has 8 heteroatoms. The molecule has 0 atom stereocenters. The number of hydrogen-bond donors (Lipinski definition) is 1. The van der Waals surface area contributed by atoms with Gasteiger partial charge >= 0.3 is 0 Å². The van der Waals surface area contributed by atoms with Crippen molar-refractivity contribution in [1.82, 2.24) is 4.90 Å². The fraction of sp³-hybridized carbons (Fsp3) is 0.174. The van der Waals surface area contributed by atoms with Crippen LogP contribution in [-0.2, 0) is 21.4 Å². The van der Waals surface area contributed by atoms with Crippen LogP contribution in [0.3, 0.4) is 0 Å². The molecular formula is C23H24FN3O3S. The van der Waals surface area contributed by atoms with Gasteiger partial charge < -0.3 is 10.2 Å². The molecule has 31 heavy (non-hydrogen) atoms. The van der Waals surface area contributed by atoms with Crippen molar-refractivity contribution < 1.29 is 17.6 Å². The van der Waals surface area contributed by atoms with Crippen molar-refractivity contribution in [1.29, 1.82) is 0 Å². The molecule has 0 unspecified atom stereocenters. The molecule has 0 saturated heterocycles. The first-order chi connectivity index (χ1) is 14.8. The number of sulfonamides is 1. The SMILES string of the molecule is CN(Cc1ccc(F)cc1)C(=O)CNc1cccc(S(=O)(=O)N(C)c2ccccc2)c1. The second-order valence-electron chi connectivity index (χ2n) is 7.07. The first kappa shape index (κ1) is 22.3. The normalized spacial score (nSPS) is 11.1. The molecular weight excluding hydrogens is 417 g/mol. The lowest BCUT2D eigenvalue weighted by Crippen LogP contribution is -2.31. The van der Waals surface area contributed by atoms with Crippen LogP contribution in [0.2, 0.25) is 0 Å². The molecule has 0 bridgehead atoms. The quantitative estimate of drug-likeness (QED) is 0.579. The van der Waals surface area contributed by atoms with Crippen LogP contribution < -0.4 is 9.62 Å². The molecule has 0 aliphatic heterocycles. The Hall–Kier alpha value is -3.39. The summed E-state index contributed by atoms with van der Waals surface area (Å²) < 4.78 is 40.1. The standard InChI is InChI=1S/C23H24FN3O3S/c1-26(17-18-11-13-19(24)14-12-18)23(28)16-25-20-7-6-10-22(15-20)31(29,30)27(2)21-8-4-3-5-9-21/h3-15,25H,16-17H2,1-2H3. The highest BCUT2D eigenvalue weighted by Crippen LogP contribution is 2.23.